The number of thioether (sulfide) groups is 1. The molecule has 40 heavy (non-hydrogen) atoms. The average molecular weight is 559 g/mol. The smallest absolute Gasteiger partial charge is 0.318 e. The first-order chi connectivity index (χ1) is 19.2. The maximum absolute atomic E-state index is 13.9. The summed E-state index contributed by atoms with van der Waals surface area (Å²) < 4.78 is 5.51. The van der Waals surface area contributed by atoms with E-state index in [9.17, 15) is 9.59 Å². The van der Waals surface area contributed by atoms with Crippen molar-refractivity contribution in [1.82, 2.24) is 10.2 Å². The number of hydrogen-bond acceptors (Lipinski definition) is 4. The van der Waals surface area contributed by atoms with E-state index < -0.39 is 5.60 Å². The number of benzene rings is 3. The number of nitrogens with zero attached hydrogens (tertiary/aromatic N) is 1. The number of nitrogens with one attached hydrogen (secondary N) is 1. The van der Waals surface area contributed by atoms with E-state index in [0.29, 0.717) is 19.5 Å². The van der Waals surface area contributed by atoms with Gasteiger partial charge < -0.3 is 15.0 Å². The summed E-state index contributed by atoms with van der Waals surface area (Å²) in [7, 11) is 0. The highest BCUT2D eigenvalue weighted by Crippen LogP contribution is 2.45. The Bertz CT molecular complexity index is 1190. The summed E-state index contributed by atoms with van der Waals surface area (Å²) in [5, 5.41) is 3.40. The summed E-state index contributed by atoms with van der Waals surface area (Å²) in [4.78, 5) is 29.0. The third-order valence-electron chi connectivity index (χ3n) is 7.27. The zero-order chi connectivity index (χ0) is 28.6. The van der Waals surface area contributed by atoms with Crippen LogP contribution in [0.15, 0.2) is 89.8 Å². The molecule has 5 nitrogen and oxygen atoms in total. The Morgan fingerprint density at radius 2 is 1.52 bits per heavy atom. The van der Waals surface area contributed by atoms with Gasteiger partial charge in [0.05, 0.1) is 4.87 Å². The second-order valence-electron chi connectivity index (χ2n) is 11.5. The fourth-order valence-electron chi connectivity index (χ4n) is 5.24. The highest BCUT2D eigenvalue weighted by atomic mass is 32.2. The molecule has 0 aliphatic carbocycles. The van der Waals surface area contributed by atoms with Gasteiger partial charge >= 0.3 is 12.0 Å². The van der Waals surface area contributed by atoms with Crippen molar-refractivity contribution in [2.45, 2.75) is 81.1 Å². The Morgan fingerprint density at radius 1 is 0.925 bits per heavy atom. The third-order valence-corrected chi connectivity index (χ3v) is 8.81. The quantitative estimate of drug-likeness (QED) is 0.244. The van der Waals surface area contributed by atoms with Gasteiger partial charge in [-0.1, -0.05) is 97.5 Å². The van der Waals surface area contributed by atoms with Crippen molar-refractivity contribution in [1.29, 1.82) is 0 Å². The number of carbonyl (C=O) groups excluding carboxylic acids is 2. The lowest BCUT2D eigenvalue weighted by atomic mass is 9.88. The van der Waals surface area contributed by atoms with Gasteiger partial charge in [-0.2, -0.15) is 0 Å². The molecular weight excluding hydrogens is 516 g/mol. The summed E-state index contributed by atoms with van der Waals surface area (Å²) in [6.07, 6.45) is 3.23. The monoisotopic (exact) mass is 558 g/mol. The molecule has 1 N–H and O–H groups in total. The van der Waals surface area contributed by atoms with Crippen LogP contribution < -0.4 is 5.32 Å². The Labute approximate surface area is 243 Å². The predicted octanol–water partition coefficient (Wildman–Crippen LogP) is 7.80. The Balaban J connectivity index is 1.50. The topological polar surface area (TPSA) is 58.6 Å². The second kappa shape index (κ2) is 13.4. The number of rotatable bonds is 11. The Hall–Kier alpha value is -3.25. The van der Waals surface area contributed by atoms with Crippen LogP contribution in [0.25, 0.3) is 0 Å². The molecule has 3 aromatic rings. The van der Waals surface area contributed by atoms with E-state index in [4.69, 9.17) is 4.74 Å². The molecule has 1 aliphatic rings. The first kappa shape index (κ1) is 29.7. The molecule has 0 saturated carbocycles. The standard InChI is InChI=1S/C34H42N2O3S/c1-5-34(25-28-19-12-13-20-30(28)40-34)35-32(38)36(23-14-21-31(37)39-33(2,3)4)24-22-29(26-15-8-6-9-16-26)27-17-10-7-11-18-27/h6-13,15-20,29H,5,14,21-25H2,1-4H3,(H,35,38). The van der Waals surface area contributed by atoms with Gasteiger partial charge in [0, 0.05) is 36.7 Å². The molecule has 4 rings (SSSR count). The number of fused-ring (bicyclic) bond motifs is 1. The molecule has 1 unspecified atom stereocenters. The molecule has 0 radical (unpaired) electrons. The van der Waals surface area contributed by atoms with E-state index in [0.717, 1.165) is 19.3 Å². The lowest BCUT2D eigenvalue weighted by Crippen LogP contribution is -2.51. The number of amides is 2. The van der Waals surface area contributed by atoms with Crippen molar-refractivity contribution in [2.75, 3.05) is 13.1 Å². The molecule has 6 heteroatoms. The van der Waals surface area contributed by atoms with E-state index in [1.807, 2.05) is 37.8 Å². The predicted molar refractivity (Wildman–Crippen MR) is 164 cm³/mol. The van der Waals surface area contributed by atoms with Gasteiger partial charge in [0.2, 0.25) is 0 Å². The van der Waals surface area contributed by atoms with Gasteiger partial charge in [-0.15, -0.1) is 0 Å². The van der Waals surface area contributed by atoms with E-state index >= 15 is 0 Å². The van der Waals surface area contributed by atoms with Crippen molar-refractivity contribution in [3.63, 3.8) is 0 Å². The molecule has 0 aromatic heterocycles. The highest BCUT2D eigenvalue weighted by Gasteiger charge is 2.39. The number of hydrogen-bond donors (Lipinski definition) is 1. The second-order valence-corrected chi connectivity index (χ2v) is 12.9. The molecular formula is C34H42N2O3S. The van der Waals surface area contributed by atoms with E-state index in [1.165, 1.54) is 21.6 Å². The van der Waals surface area contributed by atoms with Crippen LogP contribution in [0.4, 0.5) is 4.79 Å². The molecule has 0 saturated heterocycles. The number of carbonyl (C=O) groups is 2. The molecule has 0 fully saturated rings. The van der Waals surface area contributed by atoms with Crippen molar-refractivity contribution in [2.24, 2.45) is 0 Å². The van der Waals surface area contributed by atoms with Crippen molar-refractivity contribution >= 4 is 23.8 Å². The molecule has 0 spiro atoms. The minimum absolute atomic E-state index is 0.0776. The molecule has 1 atom stereocenters. The number of ether oxygens (including phenoxy) is 1. The molecule has 212 valence electrons. The highest BCUT2D eigenvalue weighted by molar-refractivity contribution is 8.01. The fourth-order valence-corrected chi connectivity index (χ4v) is 6.59. The Kier molecular flexibility index (Phi) is 9.96. The van der Waals surface area contributed by atoms with E-state index in [2.05, 4.69) is 85.0 Å². The summed E-state index contributed by atoms with van der Waals surface area (Å²) in [6.45, 7) is 8.82. The maximum Gasteiger partial charge on any atom is 0.318 e. The van der Waals surface area contributed by atoms with Crippen LogP contribution in [0.2, 0.25) is 0 Å². The van der Waals surface area contributed by atoms with Gasteiger partial charge in [-0.05, 0) is 62.8 Å². The first-order valence-corrected chi connectivity index (χ1v) is 15.2. The SMILES string of the molecule is CCC1(NC(=O)N(CCCC(=O)OC(C)(C)C)CCC(c2ccccc2)c2ccccc2)Cc2ccccc2S1. The molecule has 1 aliphatic heterocycles. The summed E-state index contributed by atoms with van der Waals surface area (Å²) in [5.41, 5.74) is 3.22. The van der Waals surface area contributed by atoms with Crippen molar-refractivity contribution in [3.8, 4) is 0 Å². The van der Waals surface area contributed by atoms with Crippen LogP contribution in [0.5, 0.6) is 0 Å². The largest absolute Gasteiger partial charge is 0.460 e. The van der Waals surface area contributed by atoms with Crippen molar-refractivity contribution in [3.05, 3.63) is 102 Å². The third kappa shape index (κ3) is 8.14. The molecule has 2 amide bonds. The lowest BCUT2D eigenvalue weighted by molar-refractivity contribution is -0.154. The first-order valence-electron chi connectivity index (χ1n) is 14.3. The minimum Gasteiger partial charge on any atom is -0.460 e. The van der Waals surface area contributed by atoms with Crippen LogP contribution in [-0.4, -0.2) is 40.5 Å². The normalized spacial score (nSPS) is 16.4. The van der Waals surface area contributed by atoms with Gasteiger partial charge in [0.25, 0.3) is 0 Å². The van der Waals surface area contributed by atoms with Gasteiger partial charge in [0.15, 0.2) is 0 Å². The van der Waals surface area contributed by atoms with E-state index in [-0.39, 0.29) is 29.2 Å². The summed E-state index contributed by atoms with van der Waals surface area (Å²) in [6, 6.07) is 29.3. The Morgan fingerprint density at radius 3 is 2.10 bits per heavy atom. The van der Waals surface area contributed by atoms with Crippen LogP contribution in [0.3, 0.4) is 0 Å². The minimum atomic E-state index is -0.519. The van der Waals surface area contributed by atoms with Gasteiger partial charge in [0.1, 0.15) is 5.60 Å². The molecule has 1 heterocycles. The van der Waals surface area contributed by atoms with Crippen LogP contribution in [0, 0.1) is 0 Å². The van der Waals surface area contributed by atoms with E-state index in [1.54, 1.807) is 11.8 Å². The zero-order valence-corrected chi connectivity index (χ0v) is 25.0. The summed E-state index contributed by atoms with van der Waals surface area (Å²) >= 11 is 1.75. The van der Waals surface area contributed by atoms with Crippen molar-refractivity contribution < 1.29 is 14.3 Å². The summed E-state index contributed by atoms with van der Waals surface area (Å²) in [5.74, 6) is -0.0695. The van der Waals surface area contributed by atoms with Crippen LogP contribution in [-0.2, 0) is 16.0 Å². The molecule has 0 bridgehead atoms. The fraction of sp³-hybridized carbons (Fsp3) is 0.412. The maximum atomic E-state index is 13.9. The van der Waals surface area contributed by atoms with Gasteiger partial charge in [-0.3, -0.25) is 4.79 Å². The zero-order valence-electron chi connectivity index (χ0n) is 24.2. The number of urea groups is 1. The number of esters is 1. The van der Waals surface area contributed by atoms with Crippen LogP contribution in [0.1, 0.15) is 76.0 Å². The average Bonchev–Trinajstić information content (AvgIpc) is 3.31. The van der Waals surface area contributed by atoms with Gasteiger partial charge in [-0.25, -0.2) is 4.79 Å². The van der Waals surface area contributed by atoms with Crippen LogP contribution >= 0.6 is 11.8 Å². The lowest BCUT2D eigenvalue weighted by Gasteiger charge is -2.33. The molecule has 3 aromatic carbocycles.